The summed E-state index contributed by atoms with van der Waals surface area (Å²) in [7, 11) is 0. The number of phenolic OH excluding ortho intramolecular Hbond substituents is 1. The summed E-state index contributed by atoms with van der Waals surface area (Å²) in [5.41, 5.74) is 10.0. The van der Waals surface area contributed by atoms with Gasteiger partial charge in [-0.1, -0.05) is 26.0 Å². The van der Waals surface area contributed by atoms with Crippen LogP contribution in [0.5, 0.6) is 5.75 Å². The Kier molecular flexibility index (Phi) is 3.55. The predicted octanol–water partition coefficient (Wildman–Crippen LogP) is 2.34. The van der Waals surface area contributed by atoms with Gasteiger partial charge in [-0.2, -0.15) is 5.10 Å². The van der Waals surface area contributed by atoms with Gasteiger partial charge in [0.25, 0.3) is 0 Å². The van der Waals surface area contributed by atoms with Crippen LogP contribution in [0.4, 0.5) is 5.69 Å². The largest absolute Gasteiger partial charge is 0.508 e. The zero-order valence-corrected chi connectivity index (χ0v) is 10.8. The van der Waals surface area contributed by atoms with E-state index in [-0.39, 0.29) is 5.75 Å². The molecule has 0 saturated heterocycles. The number of anilines is 1. The summed E-state index contributed by atoms with van der Waals surface area (Å²) >= 11 is 0. The molecule has 0 atom stereocenters. The number of aryl methyl sites for hydroxylation is 1. The van der Waals surface area contributed by atoms with E-state index < -0.39 is 0 Å². The van der Waals surface area contributed by atoms with Crippen molar-refractivity contribution in [3.8, 4) is 5.75 Å². The minimum absolute atomic E-state index is 0.281. The molecule has 1 heterocycles. The fourth-order valence-corrected chi connectivity index (χ4v) is 2.10. The van der Waals surface area contributed by atoms with E-state index >= 15 is 0 Å². The fraction of sp³-hybridized carbons (Fsp3) is 0.357. The van der Waals surface area contributed by atoms with Gasteiger partial charge in [-0.05, 0) is 30.5 Å². The molecule has 3 N–H and O–H groups in total. The van der Waals surface area contributed by atoms with Gasteiger partial charge in [-0.15, -0.1) is 0 Å². The lowest BCUT2D eigenvalue weighted by molar-refractivity contribution is 0.475. The number of nitrogens with two attached hydrogens (primary N) is 1. The number of aromatic hydroxyl groups is 1. The Hall–Kier alpha value is -1.97. The van der Waals surface area contributed by atoms with Crippen molar-refractivity contribution < 1.29 is 5.11 Å². The van der Waals surface area contributed by atoms with Crippen molar-refractivity contribution in [2.24, 2.45) is 0 Å². The summed E-state index contributed by atoms with van der Waals surface area (Å²) in [5.74, 6) is 0.281. The summed E-state index contributed by atoms with van der Waals surface area (Å²) in [6.45, 7) is 4.83. The van der Waals surface area contributed by atoms with Crippen LogP contribution in [0.15, 0.2) is 24.3 Å². The number of benzene rings is 1. The summed E-state index contributed by atoms with van der Waals surface area (Å²) in [5, 5.41) is 13.8. The molecule has 4 heteroatoms. The van der Waals surface area contributed by atoms with Gasteiger partial charge in [-0.3, -0.25) is 4.68 Å². The van der Waals surface area contributed by atoms with E-state index in [1.54, 1.807) is 12.1 Å². The molecule has 2 aromatic rings. The van der Waals surface area contributed by atoms with E-state index in [2.05, 4.69) is 18.9 Å². The van der Waals surface area contributed by atoms with Crippen LogP contribution in [0.2, 0.25) is 0 Å². The Bertz CT molecular complexity index is 529. The quantitative estimate of drug-likeness (QED) is 0.869. The molecule has 0 amide bonds. The van der Waals surface area contributed by atoms with Crippen LogP contribution in [0.1, 0.15) is 30.8 Å². The Balaban J connectivity index is 2.31. The third-order valence-electron chi connectivity index (χ3n) is 3.11. The molecule has 0 saturated carbocycles. The third kappa shape index (κ3) is 2.32. The van der Waals surface area contributed by atoms with Crippen molar-refractivity contribution in [2.75, 3.05) is 5.73 Å². The first kappa shape index (κ1) is 12.5. The highest BCUT2D eigenvalue weighted by molar-refractivity contribution is 5.48. The van der Waals surface area contributed by atoms with Gasteiger partial charge in [0.15, 0.2) is 0 Å². The Morgan fingerprint density at radius 2 is 1.83 bits per heavy atom. The van der Waals surface area contributed by atoms with Crippen molar-refractivity contribution >= 4 is 5.69 Å². The maximum absolute atomic E-state index is 9.27. The smallest absolute Gasteiger partial charge is 0.115 e. The van der Waals surface area contributed by atoms with E-state index in [0.717, 1.165) is 35.5 Å². The fourth-order valence-electron chi connectivity index (χ4n) is 2.10. The molecule has 96 valence electrons. The summed E-state index contributed by atoms with van der Waals surface area (Å²) in [4.78, 5) is 0. The Labute approximate surface area is 107 Å². The van der Waals surface area contributed by atoms with E-state index in [0.29, 0.717) is 6.54 Å². The first-order valence-electron chi connectivity index (χ1n) is 6.27. The molecule has 0 aliphatic heterocycles. The highest BCUT2D eigenvalue weighted by Gasteiger charge is 2.12. The first-order valence-corrected chi connectivity index (χ1v) is 6.27. The van der Waals surface area contributed by atoms with Crippen LogP contribution in [0, 0.1) is 0 Å². The number of rotatable bonds is 4. The van der Waals surface area contributed by atoms with Gasteiger partial charge in [0.2, 0.25) is 0 Å². The molecule has 0 radical (unpaired) electrons. The third-order valence-corrected chi connectivity index (χ3v) is 3.11. The van der Waals surface area contributed by atoms with Crippen LogP contribution in [-0.2, 0) is 19.4 Å². The number of hydrogen-bond donors (Lipinski definition) is 2. The van der Waals surface area contributed by atoms with E-state index in [1.165, 1.54) is 0 Å². The SMILES string of the molecule is CCc1nn(Cc2ccc(O)cc2)c(CC)c1N. The molecular weight excluding hydrogens is 226 g/mol. The molecule has 0 fully saturated rings. The van der Waals surface area contributed by atoms with Gasteiger partial charge >= 0.3 is 0 Å². The Morgan fingerprint density at radius 3 is 2.39 bits per heavy atom. The van der Waals surface area contributed by atoms with Crippen LogP contribution < -0.4 is 5.73 Å². The second kappa shape index (κ2) is 5.12. The molecule has 18 heavy (non-hydrogen) atoms. The van der Waals surface area contributed by atoms with E-state index in [4.69, 9.17) is 5.73 Å². The topological polar surface area (TPSA) is 64.1 Å². The molecule has 0 aliphatic rings. The number of hydrogen-bond acceptors (Lipinski definition) is 3. The van der Waals surface area contributed by atoms with Gasteiger partial charge in [0.1, 0.15) is 5.75 Å². The zero-order chi connectivity index (χ0) is 13.1. The maximum Gasteiger partial charge on any atom is 0.115 e. The molecule has 0 unspecified atom stereocenters. The van der Waals surface area contributed by atoms with Gasteiger partial charge in [-0.25, -0.2) is 0 Å². The van der Waals surface area contributed by atoms with Gasteiger partial charge in [0.05, 0.1) is 23.6 Å². The van der Waals surface area contributed by atoms with Crippen molar-refractivity contribution in [3.63, 3.8) is 0 Å². The average Bonchev–Trinajstić information content (AvgIpc) is 2.68. The normalized spacial score (nSPS) is 10.8. The number of aromatic nitrogens is 2. The molecular formula is C14H19N3O. The standard InChI is InChI=1S/C14H19N3O/c1-3-12-14(15)13(4-2)17(16-12)9-10-5-7-11(18)8-6-10/h5-8,18H,3-4,9,15H2,1-2H3. The molecule has 4 nitrogen and oxygen atoms in total. The summed E-state index contributed by atoms with van der Waals surface area (Å²) in [6, 6.07) is 7.18. The number of phenols is 1. The highest BCUT2D eigenvalue weighted by atomic mass is 16.3. The van der Waals surface area contributed by atoms with E-state index in [9.17, 15) is 5.11 Å². The lowest BCUT2D eigenvalue weighted by atomic mass is 10.2. The predicted molar refractivity (Wildman–Crippen MR) is 72.6 cm³/mol. The second-order valence-corrected chi connectivity index (χ2v) is 4.34. The van der Waals surface area contributed by atoms with Crippen molar-refractivity contribution in [1.82, 2.24) is 9.78 Å². The average molecular weight is 245 g/mol. The zero-order valence-electron chi connectivity index (χ0n) is 10.8. The Morgan fingerprint density at radius 1 is 1.17 bits per heavy atom. The van der Waals surface area contributed by atoms with Crippen LogP contribution in [0.25, 0.3) is 0 Å². The van der Waals surface area contributed by atoms with Crippen molar-refractivity contribution in [3.05, 3.63) is 41.2 Å². The molecule has 0 aliphatic carbocycles. The maximum atomic E-state index is 9.27. The van der Waals surface area contributed by atoms with Crippen molar-refractivity contribution in [1.29, 1.82) is 0 Å². The van der Waals surface area contributed by atoms with Crippen LogP contribution in [0.3, 0.4) is 0 Å². The lowest BCUT2D eigenvalue weighted by Crippen LogP contribution is -2.06. The van der Waals surface area contributed by atoms with Gasteiger partial charge in [0, 0.05) is 0 Å². The van der Waals surface area contributed by atoms with Crippen LogP contribution >= 0.6 is 0 Å². The molecule has 0 spiro atoms. The lowest BCUT2D eigenvalue weighted by Gasteiger charge is -2.06. The van der Waals surface area contributed by atoms with Crippen LogP contribution in [-0.4, -0.2) is 14.9 Å². The highest BCUT2D eigenvalue weighted by Crippen LogP contribution is 2.20. The molecule has 1 aromatic heterocycles. The molecule has 1 aromatic carbocycles. The minimum atomic E-state index is 0.281. The molecule has 2 rings (SSSR count). The minimum Gasteiger partial charge on any atom is -0.508 e. The monoisotopic (exact) mass is 245 g/mol. The summed E-state index contributed by atoms with van der Waals surface area (Å²) in [6.07, 6.45) is 1.72. The first-order chi connectivity index (χ1) is 8.65. The van der Waals surface area contributed by atoms with Gasteiger partial charge < -0.3 is 10.8 Å². The van der Waals surface area contributed by atoms with E-state index in [1.807, 2.05) is 16.8 Å². The van der Waals surface area contributed by atoms with Crippen molar-refractivity contribution in [2.45, 2.75) is 33.2 Å². The second-order valence-electron chi connectivity index (χ2n) is 4.34. The number of nitrogens with zero attached hydrogens (tertiary/aromatic N) is 2. The summed E-state index contributed by atoms with van der Waals surface area (Å²) < 4.78 is 1.96. The number of nitrogen functional groups attached to an aromatic ring is 1. The molecule has 0 bridgehead atoms.